The Kier molecular flexibility index (Phi) is 9.03. The number of rotatable bonds is 9. The average Bonchev–Trinajstić information content (AvgIpc) is 3.69. The van der Waals surface area contributed by atoms with E-state index in [0.717, 1.165) is 51.2 Å². The SMILES string of the molecule is c1ccc(N(c2ccccc2)c2cc(N(c3ccccc3)c3ccc4ccccc4c3)c3sc4ccc(N(c5ccccc5)c5cccc6ccccc56)cc4c3c2)cc1. The van der Waals surface area contributed by atoms with E-state index in [2.05, 4.69) is 251 Å². The van der Waals surface area contributed by atoms with E-state index in [9.17, 15) is 0 Å². The van der Waals surface area contributed by atoms with E-state index in [4.69, 9.17) is 0 Å². The number of hydrogen-bond acceptors (Lipinski definition) is 4. The summed E-state index contributed by atoms with van der Waals surface area (Å²) in [5.74, 6) is 0. The molecule has 0 atom stereocenters. The maximum absolute atomic E-state index is 2.44. The molecule has 0 fully saturated rings. The summed E-state index contributed by atoms with van der Waals surface area (Å²) in [6, 6.07) is 85.4. The lowest BCUT2D eigenvalue weighted by atomic mass is 10.0. The Balaban J connectivity index is 1.21. The van der Waals surface area contributed by atoms with Gasteiger partial charge in [-0.05, 0) is 113 Å². The lowest BCUT2D eigenvalue weighted by Crippen LogP contribution is -2.13. The zero-order valence-electron chi connectivity index (χ0n) is 32.8. The lowest BCUT2D eigenvalue weighted by Gasteiger charge is -2.30. The minimum absolute atomic E-state index is 1.08. The number of thiophene rings is 1. The van der Waals surface area contributed by atoms with Crippen molar-refractivity contribution in [3.05, 3.63) is 237 Å². The normalized spacial score (nSPS) is 11.3. The third-order valence-corrected chi connectivity index (χ3v) is 12.5. The third-order valence-electron chi connectivity index (χ3n) is 11.3. The molecule has 3 nitrogen and oxygen atoms in total. The van der Waals surface area contributed by atoms with Crippen molar-refractivity contribution in [3.63, 3.8) is 0 Å². The van der Waals surface area contributed by atoms with Crippen LogP contribution in [0.15, 0.2) is 237 Å². The highest BCUT2D eigenvalue weighted by atomic mass is 32.1. The molecule has 11 aromatic rings. The Labute approximate surface area is 353 Å². The van der Waals surface area contributed by atoms with E-state index in [1.165, 1.54) is 41.7 Å². The topological polar surface area (TPSA) is 9.72 Å². The smallest absolute Gasteiger partial charge is 0.0661 e. The van der Waals surface area contributed by atoms with Crippen molar-refractivity contribution in [1.82, 2.24) is 0 Å². The van der Waals surface area contributed by atoms with Crippen molar-refractivity contribution in [2.45, 2.75) is 0 Å². The molecule has 60 heavy (non-hydrogen) atoms. The zero-order chi connectivity index (χ0) is 39.8. The highest BCUT2D eigenvalue weighted by molar-refractivity contribution is 7.26. The summed E-state index contributed by atoms with van der Waals surface area (Å²) in [6.45, 7) is 0. The second-order valence-electron chi connectivity index (χ2n) is 15.0. The maximum atomic E-state index is 2.44. The zero-order valence-corrected chi connectivity index (χ0v) is 33.6. The number of nitrogens with zero attached hydrogens (tertiary/aromatic N) is 3. The van der Waals surface area contributed by atoms with E-state index >= 15 is 0 Å². The van der Waals surface area contributed by atoms with E-state index < -0.39 is 0 Å². The Hall–Kier alpha value is -7.66. The molecule has 0 aliphatic rings. The predicted octanol–water partition coefficient (Wildman–Crippen LogP) is 16.8. The Morgan fingerprint density at radius 3 is 1.38 bits per heavy atom. The summed E-state index contributed by atoms with van der Waals surface area (Å²) in [7, 11) is 0. The molecule has 0 saturated heterocycles. The standard InChI is InChI=1S/C56H39N3S/c1-5-22-43(23-6-1)57(44-24-7-2-8-25-44)49-38-52-51-37-48(58(45-26-9-3-10-27-45)53-31-17-21-41-19-15-16-30-50(41)53)34-35-55(51)60-56(52)54(39-49)59(46-28-11-4-12-29-46)47-33-32-40-18-13-14-20-42(40)36-47/h1-39H. The van der Waals surface area contributed by atoms with Gasteiger partial charge in [-0.3, -0.25) is 0 Å². The summed E-state index contributed by atoms with van der Waals surface area (Å²) in [4.78, 5) is 7.23. The first kappa shape index (κ1) is 35.5. The molecule has 0 bridgehead atoms. The van der Waals surface area contributed by atoms with Crippen molar-refractivity contribution in [2.24, 2.45) is 0 Å². The van der Waals surface area contributed by atoms with Crippen LogP contribution in [0.5, 0.6) is 0 Å². The van der Waals surface area contributed by atoms with Gasteiger partial charge in [-0.2, -0.15) is 0 Å². The molecule has 0 amide bonds. The van der Waals surface area contributed by atoms with Crippen LogP contribution in [0.2, 0.25) is 0 Å². The van der Waals surface area contributed by atoms with Gasteiger partial charge < -0.3 is 14.7 Å². The van der Waals surface area contributed by atoms with E-state index in [1.807, 2.05) is 11.3 Å². The number of fused-ring (bicyclic) bond motifs is 5. The van der Waals surface area contributed by atoms with Gasteiger partial charge in [0.1, 0.15) is 0 Å². The third kappa shape index (κ3) is 6.40. The van der Waals surface area contributed by atoms with Crippen molar-refractivity contribution in [2.75, 3.05) is 14.7 Å². The molecule has 0 saturated carbocycles. The summed E-state index contributed by atoms with van der Waals surface area (Å²) in [6.07, 6.45) is 0. The Bertz CT molecular complexity index is 3230. The van der Waals surface area contributed by atoms with Crippen molar-refractivity contribution in [1.29, 1.82) is 0 Å². The minimum atomic E-state index is 1.08. The molecular formula is C56H39N3S. The molecule has 1 heterocycles. The molecule has 284 valence electrons. The molecule has 4 heteroatoms. The first-order valence-electron chi connectivity index (χ1n) is 20.3. The van der Waals surface area contributed by atoms with Crippen molar-refractivity contribution >= 4 is 104 Å². The van der Waals surface area contributed by atoms with E-state index in [0.29, 0.717) is 0 Å². The second kappa shape index (κ2) is 15.3. The largest absolute Gasteiger partial charge is 0.310 e. The molecular weight excluding hydrogens is 747 g/mol. The fourth-order valence-corrected chi connectivity index (χ4v) is 9.77. The summed E-state index contributed by atoms with van der Waals surface area (Å²) in [5.41, 5.74) is 9.96. The van der Waals surface area contributed by atoms with E-state index in [1.54, 1.807) is 0 Å². The van der Waals surface area contributed by atoms with Gasteiger partial charge in [0.25, 0.3) is 0 Å². The van der Waals surface area contributed by atoms with Gasteiger partial charge in [-0.25, -0.2) is 0 Å². The predicted molar refractivity (Wildman–Crippen MR) is 258 cm³/mol. The van der Waals surface area contributed by atoms with Crippen molar-refractivity contribution < 1.29 is 0 Å². The fraction of sp³-hybridized carbons (Fsp3) is 0. The summed E-state index contributed by atoms with van der Waals surface area (Å²) >= 11 is 1.86. The molecule has 11 rings (SSSR count). The van der Waals surface area contributed by atoms with Gasteiger partial charge in [0.15, 0.2) is 0 Å². The highest BCUT2D eigenvalue weighted by Gasteiger charge is 2.24. The van der Waals surface area contributed by atoms with E-state index in [-0.39, 0.29) is 0 Å². The van der Waals surface area contributed by atoms with Gasteiger partial charge >= 0.3 is 0 Å². The number of para-hydroxylation sites is 4. The number of anilines is 9. The quantitative estimate of drug-likeness (QED) is 0.144. The second-order valence-corrected chi connectivity index (χ2v) is 16.1. The molecule has 1 aromatic heterocycles. The van der Waals surface area contributed by atoms with Gasteiger partial charge in [0, 0.05) is 60.7 Å². The number of hydrogen-bond donors (Lipinski definition) is 0. The minimum Gasteiger partial charge on any atom is -0.310 e. The van der Waals surface area contributed by atoms with Gasteiger partial charge in [0.2, 0.25) is 0 Å². The Morgan fingerprint density at radius 1 is 0.250 bits per heavy atom. The molecule has 0 spiro atoms. The summed E-state index contributed by atoms with van der Waals surface area (Å²) in [5, 5.41) is 7.26. The van der Waals surface area contributed by atoms with Gasteiger partial charge in [-0.15, -0.1) is 11.3 Å². The first-order chi connectivity index (χ1) is 29.8. The molecule has 0 aliphatic heterocycles. The van der Waals surface area contributed by atoms with Crippen LogP contribution in [-0.2, 0) is 0 Å². The Morgan fingerprint density at radius 2 is 0.733 bits per heavy atom. The molecule has 0 radical (unpaired) electrons. The van der Waals surface area contributed by atoms with Crippen LogP contribution in [0.1, 0.15) is 0 Å². The molecule has 0 N–H and O–H groups in total. The lowest BCUT2D eigenvalue weighted by molar-refractivity contribution is 1.27. The van der Waals surface area contributed by atoms with Crippen LogP contribution in [0.4, 0.5) is 51.2 Å². The first-order valence-corrected chi connectivity index (χ1v) is 21.2. The maximum Gasteiger partial charge on any atom is 0.0661 e. The van der Waals surface area contributed by atoms with Crippen LogP contribution in [0, 0.1) is 0 Å². The van der Waals surface area contributed by atoms with Crippen LogP contribution in [-0.4, -0.2) is 0 Å². The van der Waals surface area contributed by atoms with Crippen LogP contribution >= 0.6 is 11.3 Å². The highest BCUT2D eigenvalue weighted by Crippen LogP contribution is 2.50. The molecule has 10 aromatic carbocycles. The van der Waals surface area contributed by atoms with Gasteiger partial charge in [-0.1, -0.05) is 140 Å². The van der Waals surface area contributed by atoms with Crippen LogP contribution in [0.3, 0.4) is 0 Å². The molecule has 0 unspecified atom stereocenters. The van der Waals surface area contributed by atoms with Crippen LogP contribution < -0.4 is 14.7 Å². The average molecular weight is 786 g/mol. The fourth-order valence-electron chi connectivity index (χ4n) is 8.60. The molecule has 0 aliphatic carbocycles. The van der Waals surface area contributed by atoms with Crippen LogP contribution in [0.25, 0.3) is 41.7 Å². The number of benzene rings is 10. The van der Waals surface area contributed by atoms with Gasteiger partial charge in [0.05, 0.1) is 16.1 Å². The summed E-state index contributed by atoms with van der Waals surface area (Å²) < 4.78 is 2.45. The van der Waals surface area contributed by atoms with Crippen molar-refractivity contribution in [3.8, 4) is 0 Å². The monoisotopic (exact) mass is 785 g/mol.